The van der Waals surface area contributed by atoms with E-state index < -0.39 is 0 Å². The lowest BCUT2D eigenvalue weighted by atomic mass is 10.2. The van der Waals surface area contributed by atoms with Crippen LogP contribution in [0.4, 0.5) is 0 Å². The molecule has 1 aromatic heterocycles. The molecule has 1 unspecified atom stereocenters. The number of rotatable bonds is 6. The molecule has 0 aliphatic rings. The number of ether oxygens (including phenoxy) is 1. The minimum Gasteiger partial charge on any atom is -0.492 e. The van der Waals surface area contributed by atoms with Gasteiger partial charge in [0, 0.05) is 36.9 Å². The summed E-state index contributed by atoms with van der Waals surface area (Å²) in [6.45, 7) is 0.573. The second-order valence-corrected chi connectivity index (χ2v) is 4.85. The molecule has 102 valence electrons. The van der Waals surface area contributed by atoms with E-state index >= 15 is 0 Å². The number of halogens is 1. The summed E-state index contributed by atoms with van der Waals surface area (Å²) in [5, 5.41) is 3.92. The Kier molecular flexibility index (Phi) is 4.82. The molecule has 5 heteroatoms. The van der Waals surface area contributed by atoms with Crippen LogP contribution in [0, 0.1) is 0 Å². The summed E-state index contributed by atoms with van der Waals surface area (Å²) in [4.78, 5) is 4.32. The highest BCUT2D eigenvalue weighted by atomic mass is 35.5. The summed E-state index contributed by atoms with van der Waals surface area (Å²) in [5.41, 5.74) is 0. The van der Waals surface area contributed by atoms with E-state index in [4.69, 9.17) is 16.3 Å². The van der Waals surface area contributed by atoms with Gasteiger partial charge in [0.25, 0.3) is 0 Å². The van der Waals surface area contributed by atoms with Crippen molar-refractivity contribution in [1.82, 2.24) is 14.9 Å². The zero-order valence-corrected chi connectivity index (χ0v) is 11.9. The Labute approximate surface area is 118 Å². The quantitative estimate of drug-likeness (QED) is 0.882. The number of likely N-dealkylation sites (N-methyl/N-ethyl adjacent to an activating group) is 1. The van der Waals surface area contributed by atoms with Crippen LogP contribution in [-0.2, 0) is 13.5 Å². The Hall–Kier alpha value is -1.52. The van der Waals surface area contributed by atoms with Gasteiger partial charge in [0.1, 0.15) is 18.2 Å². The summed E-state index contributed by atoms with van der Waals surface area (Å²) < 4.78 is 7.76. The van der Waals surface area contributed by atoms with Crippen LogP contribution >= 0.6 is 11.6 Å². The Morgan fingerprint density at radius 1 is 1.47 bits per heavy atom. The summed E-state index contributed by atoms with van der Waals surface area (Å²) in [5.74, 6) is 1.82. The third kappa shape index (κ3) is 3.98. The van der Waals surface area contributed by atoms with Gasteiger partial charge in [0.05, 0.1) is 0 Å². The second kappa shape index (κ2) is 6.59. The molecule has 2 rings (SSSR count). The van der Waals surface area contributed by atoms with Gasteiger partial charge in [-0.3, -0.25) is 0 Å². The van der Waals surface area contributed by atoms with Crippen molar-refractivity contribution in [2.75, 3.05) is 13.7 Å². The van der Waals surface area contributed by atoms with Gasteiger partial charge in [0.15, 0.2) is 0 Å². The van der Waals surface area contributed by atoms with Crippen LogP contribution < -0.4 is 10.1 Å². The van der Waals surface area contributed by atoms with Crippen LogP contribution in [0.25, 0.3) is 0 Å². The van der Waals surface area contributed by atoms with Crippen molar-refractivity contribution in [2.45, 2.75) is 12.5 Å². The number of imidazole rings is 1. The zero-order chi connectivity index (χ0) is 13.7. The predicted molar refractivity (Wildman–Crippen MR) is 76.7 cm³/mol. The lowest BCUT2D eigenvalue weighted by Gasteiger charge is -2.17. The third-order valence-electron chi connectivity index (χ3n) is 3.01. The first-order valence-electron chi connectivity index (χ1n) is 6.21. The van der Waals surface area contributed by atoms with Crippen molar-refractivity contribution in [3.63, 3.8) is 0 Å². The predicted octanol–water partition coefficient (Wildman–Crippen LogP) is 2.28. The van der Waals surface area contributed by atoms with Gasteiger partial charge in [-0.1, -0.05) is 17.7 Å². The number of nitrogens with zero attached hydrogens (tertiary/aromatic N) is 2. The number of hydrogen-bond acceptors (Lipinski definition) is 3. The van der Waals surface area contributed by atoms with Crippen molar-refractivity contribution in [2.24, 2.45) is 7.05 Å². The highest BCUT2D eigenvalue weighted by Crippen LogP contribution is 2.17. The molecule has 0 spiro atoms. The maximum absolute atomic E-state index is 5.92. The molecule has 0 radical (unpaired) electrons. The Morgan fingerprint density at radius 2 is 2.32 bits per heavy atom. The molecule has 0 bridgehead atoms. The minimum atomic E-state index is 0.208. The van der Waals surface area contributed by atoms with E-state index in [9.17, 15) is 0 Å². The summed E-state index contributed by atoms with van der Waals surface area (Å²) in [6, 6.07) is 7.64. The highest BCUT2D eigenvalue weighted by molar-refractivity contribution is 6.30. The normalized spacial score (nSPS) is 12.4. The van der Waals surface area contributed by atoms with E-state index in [0.717, 1.165) is 18.0 Å². The molecular weight excluding hydrogens is 262 g/mol. The molecule has 1 N–H and O–H groups in total. The lowest BCUT2D eigenvalue weighted by Crippen LogP contribution is -2.34. The monoisotopic (exact) mass is 279 g/mol. The molecule has 0 aliphatic carbocycles. The maximum Gasteiger partial charge on any atom is 0.120 e. The molecule has 0 aliphatic heterocycles. The molecule has 0 saturated carbocycles. The van der Waals surface area contributed by atoms with Gasteiger partial charge in [-0.15, -0.1) is 0 Å². The summed E-state index contributed by atoms with van der Waals surface area (Å²) in [6.07, 6.45) is 4.57. The third-order valence-corrected chi connectivity index (χ3v) is 3.24. The Balaban J connectivity index is 1.91. The molecular formula is C14H18ClN3O. The topological polar surface area (TPSA) is 39.1 Å². The summed E-state index contributed by atoms with van der Waals surface area (Å²) in [7, 11) is 3.92. The average Bonchev–Trinajstić information content (AvgIpc) is 2.80. The molecule has 1 heterocycles. The minimum absolute atomic E-state index is 0.208. The highest BCUT2D eigenvalue weighted by Gasteiger charge is 2.11. The van der Waals surface area contributed by atoms with E-state index in [1.165, 1.54) is 0 Å². The first-order valence-corrected chi connectivity index (χ1v) is 6.58. The van der Waals surface area contributed by atoms with Gasteiger partial charge in [-0.05, 0) is 25.2 Å². The zero-order valence-electron chi connectivity index (χ0n) is 11.1. The standard InChI is InChI=1S/C14H18ClN3O/c1-16-12(9-14-17-6-7-18(14)2)10-19-13-5-3-4-11(15)8-13/h3-8,12,16H,9-10H2,1-2H3. The van der Waals surface area contributed by atoms with E-state index in [0.29, 0.717) is 11.6 Å². The average molecular weight is 280 g/mol. The van der Waals surface area contributed by atoms with Crippen molar-refractivity contribution >= 4 is 11.6 Å². The fourth-order valence-electron chi connectivity index (χ4n) is 1.81. The Bertz CT molecular complexity index is 527. The molecule has 1 atom stereocenters. The Morgan fingerprint density at radius 3 is 2.95 bits per heavy atom. The van der Waals surface area contributed by atoms with Crippen molar-refractivity contribution in [3.05, 3.63) is 47.5 Å². The molecule has 4 nitrogen and oxygen atoms in total. The van der Waals surface area contributed by atoms with Crippen LogP contribution in [0.3, 0.4) is 0 Å². The van der Waals surface area contributed by atoms with Gasteiger partial charge >= 0.3 is 0 Å². The van der Waals surface area contributed by atoms with Crippen molar-refractivity contribution in [3.8, 4) is 5.75 Å². The number of hydrogen-bond donors (Lipinski definition) is 1. The van der Waals surface area contributed by atoms with Gasteiger partial charge < -0.3 is 14.6 Å². The van der Waals surface area contributed by atoms with E-state index in [2.05, 4.69) is 10.3 Å². The molecule has 1 aromatic carbocycles. The number of benzene rings is 1. The molecule has 0 fully saturated rings. The van der Waals surface area contributed by atoms with Crippen LogP contribution in [0.15, 0.2) is 36.7 Å². The SMILES string of the molecule is CNC(COc1cccc(Cl)c1)Cc1nccn1C. The lowest BCUT2D eigenvalue weighted by molar-refractivity contribution is 0.267. The first kappa shape index (κ1) is 13.9. The second-order valence-electron chi connectivity index (χ2n) is 4.41. The van der Waals surface area contributed by atoms with Crippen LogP contribution in [0.5, 0.6) is 5.75 Å². The molecule has 0 amide bonds. The van der Waals surface area contributed by atoms with Gasteiger partial charge in [-0.2, -0.15) is 0 Å². The molecule has 0 saturated heterocycles. The van der Waals surface area contributed by atoms with Crippen LogP contribution in [0.1, 0.15) is 5.82 Å². The fourth-order valence-corrected chi connectivity index (χ4v) is 1.99. The fraction of sp³-hybridized carbons (Fsp3) is 0.357. The first-order chi connectivity index (χ1) is 9.19. The van der Waals surface area contributed by atoms with E-state index in [-0.39, 0.29) is 6.04 Å². The van der Waals surface area contributed by atoms with Crippen molar-refractivity contribution < 1.29 is 4.74 Å². The largest absolute Gasteiger partial charge is 0.492 e. The van der Waals surface area contributed by atoms with Crippen molar-refractivity contribution in [1.29, 1.82) is 0 Å². The van der Waals surface area contributed by atoms with E-state index in [1.807, 2.05) is 49.1 Å². The van der Waals surface area contributed by atoms with Crippen LogP contribution in [-0.4, -0.2) is 29.2 Å². The maximum atomic E-state index is 5.92. The summed E-state index contributed by atoms with van der Waals surface area (Å²) >= 11 is 5.92. The van der Waals surface area contributed by atoms with Crippen LogP contribution in [0.2, 0.25) is 5.02 Å². The number of aromatic nitrogens is 2. The number of nitrogens with one attached hydrogen (secondary N) is 1. The number of aryl methyl sites for hydroxylation is 1. The molecule has 19 heavy (non-hydrogen) atoms. The van der Waals surface area contributed by atoms with Gasteiger partial charge in [-0.25, -0.2) is 4.98 Å². The van der Waals surface area contributed by atoms with Gasteiger partial charge in [0.2, 0.25) is 0 Å². The van der Waals surface area contributed by atoms with E-state index in [1.54, 1.807) is 6.20 Å². The molecule has 2 aromatic rings. The smallest absolute Gasteiger partial charge is 0.120 e.